The fourth-order valence-corrected chi connectivity index (χ4v) is 3.79. The van der Waals surface area contributed by atoms with E-state index in [1.807, 2.05) is 36.4 Å². The number of hydrogen-bond acceptors (Lipinski definition) is 3. The van der Waals surface area contributed by atoms with E-state index in [0.717, 1.165) is 33.5 Å². The van der Waals surface area contributed by atoms with Crippen LogP contribution in [0.3, 0.4) is 0 Å². The van der Waals surface area contributed by atoms with E-state index < -0.39 is 18.3 Å². The SMILES string of the molecule is COc1ccc(/C=C(/C(=C/c2ccccc2)B2OC(C)(C)C(C)(C)O2)c2ccccc2)cc1. The number of allylic oxidation sites excluding steroid dienone is 2. The van der Waals surface area contributed by atoms with Crippen molar-refractivity contribution in [3.8, 4) is 5.75 Å². The summed E-state index contributed by atoms with van der Waals surface area (Å²) < 4.78 is 18.4. The predicted molar refractivity (Wildman–Crippen MR) is 138 cm³/mol. The highest BCUT2D eigenvalue weighted by Gasteiger charge is 2.52. The van der Waals surface area contributed by atoms with Crippen molar-refractivity contribution < 1.29 is 14.0 Å². The Morgan fingerprint density at radius 1 is 0.697 bits per heavy atom. The van der Waals surface area contributed by atoms with Gasteiger partial charge >= 0.3 is 7.12 Å². The van der Waals surface area contributed by atoms with Crippen molar-refractivity contribution in [1.82, 2.24) is 0 Å². The second-order valence-electron chi connectivity index (χ2n) is 9.30. The highest BCUT2D eigenvalue weighted by atomic mass is 16.7. The third kappa shape index (κ3) is 5.13. The summed E-state index contributed by atoms with van der Waals surface area (Å²) >= 11 is 0. The maximum absolute atomic E-state index is 6.52. The molecule has 0 atom stereocenters. The van der Waals surface area contributed by atoms with Gasteiger partial charge in [-0.1, -0.05) is 78.9 Å². The molecule has 3 nitrogen and oxygen atoms in total. The van der Waals surface area contributed by atoms with E-state index >= 15 is 0 Å². The van der Waals surface area contributed by atoms with E-state index in [2.05, 4.69) is 88.4 Å². The van der Waals surface area contributed by atoms with Crippen molar-refractivity contribution in [3.05, 3.63) is 107 Å². The third-order valence-electron chi connectivity index (χ3n) is 6.45. The average Bonchev–Trinajstić information content (AvgIpc) is 3.04. The molecule has 168 valence electrons. The molecular weight excluding hydrogens is 407 g/mol. The summed E-state index contributed by atoms with van der Waals surface area (Å²) in [4.78, 5) is 0. The van der Waals surface area contributed by atoms with Gasteiger partial charge in [-0.3, -0.25) is 0 Å². The maximum atomic E-state index is 6.52. The zero-order chi connectivity index (χ0) is 23.5. The van der Waals surface area contributed by atoms with Gasteiger partial charge in [-0.05, 0) is 73.6 Å². The summed E-state index contributed by atoms with van der Waals surface area (Å²) in [5, 5.41) is 0. The van der Waals surface area contributed by atoms with E-state index in [9.17, 15) is 0 Å². The standard InChI is InChI=1S/C29H31BO3/c1-28(2)29(3,4)33-30(32-28)27(21-22-12-8-6-9-13-22)26(24-14-10-7-11-15-24)20-23-16-18-25(31-5)19-17-23/h6-21H,1-5H3/b26-20+,27-21-. The average molecular weight is 438 g/mol. The molecule has 0 aromatic heterocycles. The Balaban J connectivity index is 1.88. The van der Waals surface area contributed by atoms with Gasteiger partial charge in [-0.2, -0.15) is 0 Å². The first kappa shape index (κ1) is 23.1. The smallest absolute Gasteiger partial charge is 0.495 e. The summed E-state index contributed by atoms with van der Waals surface area (Å²) in [6.45, 7) is 8.34. The molecule has 0 aliphatic carbocycles. The van der Waals surface area contributed by atoms with Crippen LogP contribution in [-0.4, -0.2) is 25.4 Å². The van der Waals surface area contributed by atoms with Crippen molar-refractivity contribution in [2.45, 2.75) is 38.9 Å². The largest absolute Gasteiger partial charge is 0.497 e. The number of rotatable bonds is 6. The van der Waals surface area contributed by atoms with E-state index in [4.69, 9.17) is 14.0 Å². The molecular formula is C29H31BO3. The second-order valence-corrected chi connectivity index (χ2v) is 9.30. The second kappa shape index (κ2) is 9.42. The van der Waals surface area contributed by atoms with E-state index in [1.54, 1.807) is 7.11 Å². The van der Waals surface area contributed by atoms with Crippen molar-refractivity contribution in [2.24, 2.45) is 0 Å². The summed E-state index contributed by atoms with van der Waals surface area (Å²) in [5.41, 5.74) is 4.45. The Kier molecular flexibility index (Phi) is 6.59. The fraction of sp³-hybridized carbons (Fsp3) is 0.241. The molecule has 1 aliphatic heterocycles. The summed E-state index contributed by atoms with van der Waals surface area (Å²) in [6, 6.07) is 28.8. The van der Waals surface area contributed by atoms with Crippen LogP contribution in [0.2, 0.25) is 0 Å². The first-order valence-corrected chi connectivity index (χ1v) is 11.3. The van der Waals surface area contributed by atoms with Gasteiger partial charge in [0.2, 0.25) is 0 Å². The maximum Gasteiger partial charge on any atom is 0.495 e. The van der Waals surface area contributed by atoms with Gasteiger partial charge < -0.3 is 14.0 Å². The van der Waals surface area contributed by atoms with E-state index in [0.29, 0.717) is 0 Å². The minimum atomic E-state index is -0.500. The molecule has 0 saturated carbocycles. The Labute approximate surface area is 197 Å². The van der Waals surface area contributed by atoms with Crippen molar-refractivity contribution in [2.75, 3.05) is 7.11 Å². The molecule has 33 heavy (non-hydrogen) atoms. The first-order valence-electron chi connectivity index (χ1n) is 11.3. The molecule has 0 radical (unpaired) electrons. The van der Waals surface area contributed by atoms with Crippen LogP contribution >= 0.6 is 0 Å². The molecule has 4 rings (SSSR count). The van der Waals surface area contributed by atoms with Gasteiger partial charge in [-0.25, -0.2) is 0 Å². The normalized spacial score (nSPS) is 17.8. The van der Waals surface area contributed by atoms with Crippen LogP contribution in [0.1, 0.15) is 44.4 Å². The van der Waals surface area contributed by atoms with Crippen molar-refractivity contribution >= 4 is 24.8 Å². The van der Waals surface area contributed by atoms with Crippen LogP contribution in [0.4, 0.5) is 0 Å². The lowest BCUT2D eigenvalue weighted by atomic mass is 9.70. The monoisotopic (exact) mass is 438 g/mol. The molecule has 0 N–H and O–H groups in total. The van der Waals surface area contributed by atoms with Crippen LogP contribution in [0.15, 0.2) is 90.4 Å². The van der Waals surface area contributed by atoms with Gasteiger partial charge in [0.15, 0.2) is 0 Å². The van der Waals surface area contributed by atoms with E-state index in [1.165, 1.54) is 0 Å². The van der Waals surface area contributed by atoms with Crippen LogP contribution in [0, 0.1) is 0 Å². The lowest BCUT2D eigenvalue weighted by Crippen LogP contribution is -2.41. The number of hydrogen-bond donors (Lipinski definition) is 0. The summed E-state index contributed by atoms with van der Waals surface area (Å²) in [5.74, 6) is 0.833. The number of methoxy groups -OCH3 is 1. The van der Waals surface area contributed by atoms with Crippen LogP contribution < -0.4 is 4.74 Å². The molecule has 1 fully saturated rings. The molecule has 1 saturated heterocycles. The van der Waals surface area contributed by atoms with Gasteiger partial charge in [0.25, 0.3) is 0 Å². The predicted octanol–water partition coefficient (Wildman–Crippen LogP) is 6.95. The van der Waals surface area contributed by atoms with Gasteiger partial charge in [0.05, 0.1) is 18.3 Å². The van der Waals surface area contributed by atoms with Crippen LogP contribution in [-0.2, 0) is 9.31 Å². The molecule has 0 unspecified atom stereocenters. The highest BCUT2D eigenvalue weighted by molar-refractivity contribution is 6.60. The molecule has 3 aromatic carbocycles. The zero-order valence-electron chi connectivity index (χ0n) is 20.0. The number of benzene rings is 3. The molecule has 4 heteroatoms. The molecule has 3 aromatic rings. The van der Waals surface area contributed by atoms with Crippen molar-refractivity contribution in [1.29, 1.82) is 0 Å². The van der Waals surface area contributed by atoms with Gasteiger partial charge in [0, 0.05) is 0 Å². The summed E-state index contributed by atoms with van der Waals surface area (Å²) in [7, 11) is 1.18. The lowest BCUT2D eigenvalue weighted by Gasteiger charge is -2.32. The Morgan fingerprint density at radius 2 is 1.21 bits per heavy atom. The van der Waals surface area contributed by atoms with Crippen LogP contribution in [0.5, 0.6) is 5.75 Å². The molecule has 1 heterocycles. The topological polar surface area (TPSA) is 27.7 Å². The molecule has 0 amide bonds. The van der Waals surface area contributed by atoms with Crippen LogP contribution in [0.25, 0.3) is 17.7 Å². The Hall–Kier alpha value is -3.08. The Morgan fingerprint density at radius 3 is 1.76 bits per heavy atom. The Bertz CT molecular complexity index is 1110. The number of ether oxygens (including phenoxy) is 1. The zero-order valence-corrected chi connectivity index (χ0v) is 20.0. The fourth-order valence-electron chi connectivity index (χ4n) is 3.79. The minimum Gasteiger partial charge on any atom is -0.497 e. The molecule has 1 aliphatic rings. The molecule has 0 bridgehead atoms. The minimum absolute atomic E-state index is 0.435. The third-order valence-corrected chi connectivity index (χ3v) is 6.45. The quantitative estimate of drug-likeness (QED) is 0.237. The highest BCUT2D eigenvalue weighted by Crippen LogP contribution is 2.42. The van der Waals surface area contributed by atoms with Gasteiger partial charge in [-0.15, -0.1) is 0 Å². The van der Waals surface area contributed by atoms with Crippen molar-refractivity contribution in [3.63, 3.8) is 0 Å². The van der Waals surface area contributed by atoms with E-state index in [-0.39, 0.29) is 0 Å². The lowest BCUT2D eigenvalue weighted by molar-refractivity contribution is 0.00578. The summed E-state index contributed by atoms with van der Waals surface area (Å²) in [6.07, 6.45) is 4.36. The first-order chi connectivity index (χ1) is 15.8. The molecule has 0 spiro atoms. The van der Waals surface area contributed by atoms with Gasteiger partial charge in [0.1, 0.15) is 5.75 Å².